The summed E-state index contributed by atoms with van der Waals surface area (Å²) in [7, 11) is 2.10. The molecule has 1 saturated heterocycles. The molecule has 3 unspecified atom stereocenters. The predicted octanol–water partition coefficient (Wildman–Crippen LogP) is 2.10. The van der Waals surface area contributed by atoms with Gasteiger partial charge in [0.15, 0.2) is 0 Å². The van der Waals surface area contributed by atoms with E-state index in [-0.39, 0.29) is 0 Å². The first-order valence-corrected chi connectivity index (χ1v) is 6.60. The molecular weight excluding hydrogens is 184 g/mol. The Labute approximate surface area is 94.4 Å². The van der Waals surface area contributed by atoms with Gasteiger partial charge in [0.1, 0.15) is 0 Å². The van der Waals surface area contributed by atoms with Crippen molar-refractivity contribution < 1.29 is 0 Å². The molecular formula is C13H26N2. The highest BCUT2D eigenvalue weighted by Crippen LogP contribution is 2.32. The Bertz CT molecular complexity index is 195. The molecule has 2 fully saturated rings. The highest BCUT2D eigenvalue weighted by atomic mass is 15.2. The molecule has 2 nitrogen and oxygen atoms in total. The van der Waals surface area contributed by atoms with Crippen LogP contribution in [0.25, 0.3) is 0 Å². The van der Waals surface area contributed by atoms with Gasteiger partial charge in [-0.05, 0) is 44.6 Å². The Morgan fingerprint density at radius 3 is 2.27 bits per heavy atom. The van der Waals surface area contributed by atoms with Crippen LogP contribution >= 0.6 is 0 Å². The van der Waals surface area contributed by atoms with Crippen LogP contribution in [0.2, 0.25) is 0 Å². The molecule has 0 aromatic rings. The van der Waals surface area contributed by atoms with E-state index in [2.05, 4.69) is 31.1 Å². The summed E-state index contributed by atoms with van der Waals surface area (Å²) in [6.07, 6.45) is 5.65. The molecule has 0 spiro atoms. The molecule has 0 aromatic heterocycles. The molecule has 1 N–H and O–H groups in total. The van der Waals surface area contributed by atoms with Crippen molar-refractivity contribution in [3.8, 4) is 0 Å². The molecule has 0 radical (unpaired) electrons. The van der Waals surface area contributed by atoms with Crippen molar-refractivity contribution in [2.75, 3.05) is 20.1 Å². The first-order chi connectivity index (χ1) is 7.19. The molecule has 15 heavy (non-hydrogen) atoms. The van der Waals surface area contributed by atoms with Gasteiger partial charge in [0.05, 0.1) is 0 Å². The van der Waals surface area contributed by atoms with Crippen LogP contribution in [0.4, 0.5) is 0 Å². The molecule has 1 heterocycles. The van der Waals surface area contributed by atoms with Gasteiger partial charge >= 0.3 is 0 Å². The predicted molar refractivity (Wildman–Crippen MR) is 65.0 cm³/mol. The van der Waals surface area contributed by atoms with Gasteiger partial charge in [-0.15, -0.1) is 0 Å². The van der Waals surface area contributed by atoms with E-state index in [1.807, 2.05) is 0 Å². The molecule has 0 amide bonds. The van der Waals surface area contributed by atoms with Crippen LogP contribution in [-0.4, -0.2) is 37.1 Å². The van der Waals surface area contributed by atoms with Gasteiger partial charge in [0.25, 0.3) is 0 Å². The van der Waals surface area contributed by atoms with E-state index in [9.17, 15) is 0 Å². The van der Waals surface area contributed by atoms with Gasteiger partial charge in [-0.2, -0.15) is 0 Å². The lowest BCUT2D eigenvalue weighted by atomic mass is 9.80. The lowest BCUT2D eigenvalue weighted by Crippen LogP contribution is -2.40. The summed E-state index contributed by atoms with van der Waals surface area (Å²) >= 11 is 0. The van der Waals surface area contributed by atoms with Crippen LogP contribution in [0.3, 0.4) is 0 Å². The van der Waals surface area contributed by atoms with Crippen LogP contribution in [-0.2, 0) is 0 Å². The molecule has 1 aliphatic carbocycles. The van der Waals surface area contributed by atoms with Gasteiger partial charge in [-0.25, -0.2) is 0 Å². The summed E-state index contributed by atoms with van der Waals surface area (Å²) in [5.74, 6) is 1.87. The topological polar surface area (TPSA) is 15.3 Å². The smallest absolute Gasteiger partial charge is 0.0204 e. The number of hydrogen-bond acceptors (Lipinski definition) is 2. The number of likely N-dealkylation sites (tertiary alicyclic amines) is 1. The van der Waals surface area contributed by atoms with Crippen LogP contribution in [0, 0.1) is 11.8 Å². The quantitative estimate of drug-likeness (QED) is 0.751. The van der Waals surface area contributed by atoms with Crippen molar-refractivity contribution in [1.29, 1.82) is 0 Å². The fourth-order valence-electron chi connectivity index (χ4n) is 3.56. The van der Waals surface area contributed by atoms with Crippen LogP contribution < -0.4 is 5.32 Å². The summed E-state index contributed by atoms with van der Waals surface area (Å²) < 4.78 is 0. The molecule has 2 rings (SSSR count). The van der Waals surface area contributed by atoms with Crippen LogP contribution in [0.15, 0.2) is 0 Å². The fraction of sp³-hybridized carbons (Fsp3) is 1.00. The largest absolute Gasteiger partial charge is 0.316 e. The average Bonchev–Trinajstić information content (AvgIpc) is 2.64. The standard InChI is InChI=1S/C13H26N2/c1-10-6-11(2)8-13(7-10)15-5-4-12(9-15)14-3/h10-14H,4-9H2,1-3H3. The van der Waals surface area contributed by atoms with E-state index in [4.69, 9.17) is 0 Å². The number of nitrogens with zero attached hydrogens (tertiary/aromatic N) is 1. The summed E-state index contributed by atoms with van der Waals surface area (Å²) in [6.45, 7) is 7.44. The Hall–Kier alpha value is -0.0800. The number of rotatable bonds is 2. The average molecular weight is 210 g/mol. The highest BCUT2D eigenvalue weighted by Gasteiger charge is 2.32. The van der Waals surface area contributed by atoms with Crippen molar-refractivity contribution in [1.82, 2.24) is 10.2 Å². The second kappa shape index (κ2) is 4.84. The van der Waals surface area contributed by atoms with E-state index < -0.39 is 0 Å². The number of nitrogens with one attached hydrogen (secondary N) is 1. The maximum Gasteiger partial charge on any atom is 0.0204 e. The Balaban J connectivity index is 1.88. The minimum atomic E-state index is 0.748. The Morgan fingerprint density at radius 2 is 1.73 bits per heavy atom. The van der Waals surface area contributed by atoms with Gasteiger partial charge in [0, 0.05) is 25.2 Å². The summed E-state index contributed by atoms with van der Waals surface area (Å²) in [6, 6.07) is 1.62. The second-order valence-electron chi connectivity index (χ2n) is 5.84. The van der Waals surface area contributed by atoms with E-state index in [0.717, 1.165) is 23.9 Å². The van der Waals surface area contributed by atoms with Gasteiger partial charge in [0.2, 0.25) is 0 Å². The zero-order chi connectivity index (χ0) is 10.8. The van der Waals surface area contributed by atoms with Crippen molar-refractivity contribution >= 4 is 0 Å². The van der Waals surface area contributed by atoms with E-state index >= 15 is 0 Å². The van der Waals surface area contributed by atoms with Gasteiger partial charge in [-0.3, -0.25) is 4.90 Å². The normalized spacial score (nSPS) is 43.4. The maximum absolute atomic E-state index is 3.41. The van der Waals surface area contributed by atoms with E-state index in [1.165, 1.54) is 38.8 Å². The summed E-state index contributed by atoms with van der Waals surface area (Å²) in [5.41, 5.74) is 0. The Morgan fingerprint density at radius 1 is 1.07 bits per heavy atom. The van der Waals surface area contributed by atoms with E-state index in [0.29, 0.717) is 0 Å². The monoisotopic (exact) mass is 210 g/mol. The zero-order valence-electron chi connectivity index (χ0n) is 10.5. The lowest BCUT2D eigenvalue weighted by Gasteiger charge is -2.37. The first-order valence-electron chi connectivity index (χ1n) is 6.60. The van der Waals surface area contributed by atoms with Crippen LogP contribution in [0.1, 0.15) is 39.5 Å². The molecule has 2 heteroatoms. The van der Waals surface area contributed by atoms with Crippen molar-refractivity contribution in [3.63, 3.8) is 0 Å². The molecule has 3 atom stereocenters. The van der Waals surface area contributed by atoms with Crippen molar-refractivity contribution in [2.45, 2.75) is 51.6 Å². The number of hydrogen-bond donors (Lipinski definition) is 1. The SMILES string of the molecule is CNC1CCN(C2CC(C)CC(C)C2)C1. The minimum Gasteiger partial charge on any atom is -0.316 e. The second-order valence-corrected chi connectivity index (χ2v) is 5.84. The third-order valence-corrected chi connectivity index (χ3v) is 4.30. The zero-order valence-corrected chi connectivity index (χ0v) is 10.5. The van der Waals surface area contributed by atoms with Crippen LogP contribution in [0.5, 0.6) is 0 Å². The molecule has 2 aliphatic rings. The fourth-order valence-corrected chi connectivity index (χ4v) is 3.56. The van der Waals surface area contributed by atoms with Crippen molar-refractivity contribution in [3.05, 3.63) is 0 Å². The summed E-state index contributed by atoms with van der Waals surface area (Å²) in [4.78, 5) is 2.73. The van der Waals surface area contributed by atoms with E-state index in [1.54, 1.807) is 0 Å². The number of likely N-dealkylation sites (N-methyl/N-ethyl adjacent to an activating group) is 1. The third-order valence-electron chi connectivity index (χ3n) is 4.30. The van der Waals surface area contributed by atoms with Crippen molar-refractivity contribution in [2.24, 2.45) is 11.8 Å². The molecule has 88 valence electrons. The van der Waals surface area contributed by atoms with Gasteiger partial charge < -0.3 is 5.32 Å². The minimum absolute atomic E-state index is 0.748. The molecule has 1 saturated carbocycles. The lowest BCUT2D eigenvalue weighted by molar-refractivity contribution is 0.130. The molecule has 0 aromatic carbocycles. The Kier molecular flexibility index (Phi) is 3.68. The summed E-state index contributed by atoms with van der Waals surface area (Å²) in [5, 5.41) is 3.41. The first kappa shape index (κ1) is 11.4. The molecule has 1 aliphatic heterocycles. The maximum atomic E-state index is 3.41. The molecule has 0 bridgehead atoms. The highest BCUT2D eigenvalue weighted by molar-refractivity contribution is 4.88. The third kappa shape index (κ3) is 2.73. The van der Waals surface area contributed by atoms with Gasteiger partial charge in [-0.1, -0.05) is 13.8 Å².